The summed E-state index contributed by atoms with van der Waals surface area (Å²) in [6.45, 7) is 1.82. The summed E-state index contributed by atoms with van der Waals surface area (Å²) in [5, 5.41) is 18.2. The second-order valence-electron chi connectivity index (χ2n) is 2.90. The van der Waals surface area contributed by atoms with Crippen molar-refractivity contribution >= 4 is 11.6 Å². The van der Waals surface area contributed by atoms with Crippen LogP contribution in [-0.2, 0) is 0 Å². The summed E-state index contributed by atoms with van der Waals surface area (Å²) >= 11 is 5.76. The molecular weight excluding hydrogens is 200 g/mol. The number of phenols is 1. The maximum Gasteiger partial charge on any atom is 0.137 e. The van der Waals surface area contributed by atoms with Crippen LogP contribution in [0.4, 0.5) is 0 Å². The lowest BCUT2D eigenvalue weighted by Gasteiger charge is -2.01. The first-order chi connectivity index (χ1) is 6.65. The van der Waals surface area contributed by atoms with Crippen LogP contribution in [0.15, 0.2) is 12.1 Å². The lowest BCUT2D eigenvalue weighted by molar-refractivity contribution is 0.305. The number of halogens is 1. The lowest BCUT2D eigenvalue weighted by Crippen LogP contribution is -1.82. The molecule has 1 aromatic rings. The molecule has 74 valence electrons. The Morgan fingerprint density at radius 1 is 1.43 bits per heavy atom. The van der Waals surface area contributed by atoms with Gasteiger partial charge in [0, 0.05) is 12.0 Å². The highest BCUT2D eigenvalue weighted by atomic mass is 35.5. The van der Waals surface area contributed by atoms with Crippen LogP contribution in [-0.4, -0.2) is 16.8 Å². The van der Waals surface area contributed by atoms with Crippen molar-refractivity contribution in [2.75, 3.05) is 6.61 Å². The zero-order valence-corrected chi connectivity index (χ0v) is 8.60. The van der Waals surface area contributed by atoms with Crippen molar-refractivity contribution < 1.29 is 10.2 Å². The van der Waals surface area contributed by atoms with Crippen LogP contribution in [0.5, 0.6) is 5.75 Å². The summed E-state index contributed by atoms with van der Waals surface area (Å²) in [7, 11) is 0. The number of phenolic OH excluding ortho intramolecular Hbond substituents is 1. The molecule has 3 heteroatoms. The van der Waals surface area contributed by atoms with Gasteiger partial charge in [0.1, 0.15) is 5.75 Å². The molecule has 0 unspecified atom stereocenters. The van der Waals surface area contributed by atoms with Gasteiger partial charge in [-0.05, 0) is 24.6 Å². The molecule has 0 aliphatic heterocycles. The molecule has 2 N–H and O–H groups in total. The first kappa shape index (κ1) is 10.9. The Bertz CT molecular complexity index is 365. The number of aryl methyl sites for hydroxylation is 1. The van der Waals surface area contributed by atoms with Gasteiger partial charge in [-0.15, -0.1) is 0 Å². The molecule has 0 fully saturated rings. The van der Waals surface area contributed by atoms with Crippen molar-refractivity contribution in [2.24, 2.45) is 0 Å². The second-order valence-corrected chi connectivity index (χ2v) is 3.31. The van der Waals surface area contributed by atoms with E-state index in [-0.39, 0.29) is 12.4 Å². The third kappa shape index (κ3) is 2.66. The van der Waals surface area contributed by atoms with Crippen molar-refractivity contribution in [3.8, 4) is 17.6 Å². The van der Waals surface area contributed by atoms with E-state index in [0.717, 1.165) is 5.56 Å². The summed E-state index contributed by atoms with van der Waals surface area (Å²) in [5.41, 5.74) is 1.45. The first-order valence-corrected chi connectivity index (χ1v) is 4.62. The number of aliphatic hydroxyl groups excluding tert-OH is 1. The van der Waals surface area contributed by atoms with Crippen LogP contribution in [0.3, 0.4) is 0 Å². The maximum absolute atomic E-state index is 9.38. The molecular formula is C11H11ClO2. The predicted molar refractivity (Wildman–Crippen MR) is 56.4 cm³/mol. The van der Waals surface area contributed by atoms with Crippen LogP contribution in [0.1, 0.15) is 17.5 Å². The quantitative estimate of drug-likeness (QED) is 0.697. The van der Waals surface area contributed by atoms with E-state index in [4.69, 9.17) is 16.7 Å². The van der Waals surface area contributed by atoms with Gasteiger partial charge in [0.15, 0.2) is 0 Å². The molecule has 0 amide bonds. The van der Waals surface area contributed by atoms with Gasteiger partial charge in [0.2, 0.25) is 0 Å². The standard InChI is InChI=1S/C11H11ClO2/c1-8-6-9(4-2-3-5-13)7-10(12)11(8)14/h6-7,13-14H,3,5H2,1H3. The normalized spacial score (nSPS) is 9.36. The average molecular weight is 211 g/mol. The zero-order chi connectivity index (χ0) is 10.6. The van der Waals surface area contributed by atoms with Crippen molar-refractivity contribution in [1.82, 2.24) is 0 Å². The highest BCUT2D eigenvalue weighted by molar-refractivity contribution is 6.32. The molecule has 14 heavy (non-hydrogen) atoms. The smallest absolute Gasteiger partial charge is 0.137 e. The van der Waals surface area contributed by atoms with E-state index in [2.05, 4.69) is 11.8 Å². The fraction of sp³-hybridized carbons (Fsp3) is 0.273. The topological polar surface area (TPSA) is 40.5 Å². The van der Waals surface area contributed by atoms with Gasteiger partial charge in [0.25, 0.3) is 0 Å². The van der Waals surface area contributed by atoms with E-state index in [1.807, 2.05) is 0 Å². The Morgan fingerprint density at radius 2 is 2.14 bits per heavy atom. The van der Waals surface area contributed by atoms with E-state index in [1.165, 1.54) is 0 Å². The van der Waals surface area contributed by atoms with Gasteiger partial charge in [-0.2, -0.15) is 0 Å². The molecule has 0 bridgehead atoms. The van der Waals surface area contributed by atoms with E-state index in [0.29, 0.717) is 17.0 Å². The molecule has 0 heterocycles. The number of aromatic hydroxyl groups is 1. The highest BCUT2D eigenvalue weighted by Gasteiger charge is 2.02. The Labute approximate surface area is 88.1 Å². The number of benzene rings is 1. The lowest BCUT2D eigenvalue weighted by atomic mass is 10.1. The molecule has 0 aromatic heterocycles. The number of hydrogen-bond acceptors (Lipinski definition) is 2. The van der Waals surface area contributed by atoms with Crippen LogP contribution >= 0.6 is 11.6 Å². The van der Waals surface area contributed by atoms with Gasteiger partial charge in [-0.1, -0.05) is 23.4 Å². The minimum absolute atomic E-state index is 0.0534. The van der Waals surface area contributed by atoms with E-state index < -0.39 is 0 Å². The Hall–Kier alpha value is -1.17. The molecule has 0 aliphatic rings. The molecule has 1 aromatic carbocycles. The van der Waals surface area contributed by atoms with Gasteiger partial charge in [-0.3, -0.25) is 0 Å². The highest BCUT2D eigenvalue weighted by Crippen LogP contribution is 2.27. The summed E-state index contributed by atoms with van der Waals surface area (Å²) in [6.07, 6.45) is 0.442. The monoisotopic (exact) mass is 210 g/mol. The Morgan fingerprint density at radius 3 is 2.71 bits per heavy atom. The summed E-state index contributed by atoms with van der Waals surface area (Å²) < 4.78 is 0. The van der Waals surface area contributed by atoms with Crippen molar-refractivity contribution in [3.63, 3.8) is 0 Å². The van der Waals surface area contributed by atoms with Crippen molar-refractivity contribution in [1.29, 1.82) is 0 Å². The third-order valence-electron chi connectivity index (χ3n) is 1.72. The summed E-state index contributed by atoms with van der Waals surface area (Å²) in [4.78, 5) is 0. The molecule has 1 rings (SSSR count). The summed E-state index contributed by atoms with van der Waals surface area (Å²) in [6, 6.07) is 3.36. The largest absolute Gasteiger partial charge is 0.506 e. The predicted octanol–water partition coefficient (Wildman–Crippen LogP) is 2.09. The second kappa shape index (κ2) is 4.90. The molecule has 0 aliphatic carbocycles. The molecule has 0 saturated carbocycles. The van der Waals surface area contributed by atoms with E-state index in [1.54, 1.807) is 19.1 Å². The number of rotatable bonds is 1. The molecule has 2 nitrogen and oxygen atoms in total. The van der Waals surface area contributed by atoms with Crippen molar-refractivity contribution in [3.05, 3.63) is 28.3 Å². The van der Waals surface area contributed by atoms with Crippen LogP contribution in [0.2, 0.25) is 5.02 Å². The minimum atomic E-state index is 0.0534. The van der Waals surface area contributed by atoms with Gasteiger partial charge in [-0.25, -0.2) is 0 Å². The minimum Gasteiger partial charge on any atom is -0.506 e. The summed E-state index contributed by atoms with van der Waals surface area (Å²) in [5.74, 6) is 5.73. The van der Waals surface area contributed by atoms with Gasteiger partial charge < -0.3 is 10.2 Å². The molecule has 0 atom stereocenters. The number of aliphatic hydroxyl groups is 1. The van der Waals surface area contributed by atoms with Gasteiger partial charge in [0.05, 0.1) is 11.6 Å². The SMILES string of the molecule is Cc1cc(C#CCCO)cc(Cl)c1O. The molecule has 0 spiro atoms. The Balaban J connectivity index is 2.97. The van der Waals surface area contributed by atoms with Crippen LogP contribution in [0.25, 0.3) is 0 Å². The van der Waals surface area contributed by atoms with E-state index in [9.17, 15) is 5.11 Å². The molecule has 0 radical (unpaired) electrons. The van der Waals surface area contributed by atoms with Gasteiger partial charge >= 0.3 is 0 Å². The molecule has 0 saturated heterocycles. The first-order valence-electron chi connectivity index (χ1n) is 4.24. The van der Waals surface area contributed by atoms with E-state index >= 15 is 0 Å². The Kier molecular flexibility index (Phi) is 3.82. The van der Waals surface area contributed by atoms with Crippen LogP contribution in [0, 0.1) is 18.8 Å². The van der Waals surface area contributed by atoms with Crippen LogP contribution < -0.4 is 0 Å². The van der Waals surface area contributed by atoms with Crippen molar-refractivity contribution in [2.45, 2.75) is 13.3 Å². The fourth-order valence-corrected chi connectivity index (χ4v) is 1.30. The fourth-order valence-electron chi connectivity index (χ4n) is 1.03. The number of hydrogen-bond donors (Lipinski definition) is 2. The zero-order valence-electron chi connectivity index (χ0n) is 7.84. The third-order valence-corrected chi connectivity index (χ3v) is 2.01. The average Bonchev–Trinajstić information content (AvgIpc) is 2.14. The maximum atomic E-state index is 9.38.